The number of hydrogen-bond acceptors (Lipinski definition) is 3. The zero-order chi connectivity index (χ0) is 16.0. The number of halogens is 1. The average molecular weight is 379 g/mol. The Morgan fingerprint density at radius 1 is 1.05 bits per heavy atom. The molecule has 0 aromatic heterocycles. The minimum absolute atomic E-state index is 0.187. The van der Waals surface area contributed by atoms with Crippen molar-refractivity contribution in [1.29, 1.82) is 0 Å². The van der Waals surface area contributed by atoms with Gasteiger partial charge in [-0.3, -0.25) is 0 Å². The summed E-state index contributed by atoms with van der Waals surface area (Å²) < 4.78 is 24.9. The van der Waals surface area contributed by atoms with Crippen LogP contribution in [0.15, 0.2) is 69.1 Å². The lowest BCUT2D eigenvalue weighted by Crippen LogP contribution is -2.17. The maximum Gasteiger partial charge on any atom is 0.276 e. The summed E-state index contributed by atoms with van der Waals surface area (Å²) in [5.41, 5.74) is 2.00. The van der Waals surface area contributed by atoms with Crippen LogP contribution in [-0.2, 0) is 10.0 Å². The van der Waals surface area contributed by atoms with Crippen LogP contribution < -0.4 is 4.83 Å². The third kappa shape index (κ3) is 4.82. The zero-order valence-corrected chi connectivity index (χ0v) is 14.3. The van der Waals surface area contributed by atoms with Crippen LogP contribution in [0.25, 0.3) is 6.08 Å². The first-order chi connectivity index (χ1) is 10.5. The Labute approximate surface area is 138 Å². The van der Waals surface area contributed by atoms with Crippen molar-refractivity contribution in [3.05, 3.63) is 70.2 Å². The molecule has 4 nitrogen and oxygen atoms in total. The minimum atomic E-state index is -3.62. The number of rotatable bonds is 5. The van der Waals surface area contributed by atoms with Crippen LogP contribution >= 0.6 is 15.9 Å². The van der Waals surface area contributed by atoms with E-state index >= 15 is 0 Å². The van der Waals surface area contributed by atoms with Crippen molar-refractivity contribution < 1.29 is 8.42 Å². The molecular formula is C16H15BrN2O2S. The van der Waals surface area contributed by atoms with Gasteiger partial charge in [-0.05, 0) is 42.8 Å². The third-order valence-electron chi connectivity index (χ3n) is 2.82. The molecule has 0 saturated carbocycles. The Balaban J connectivity index is 1.96. The van der Waals surface area contributed by atoms with Gasteiger partial charge in [-0.15, -0.1) is 0 Å². The van der Waals surface area contributed by atoms with Gasteiger partial charge in [0.15, 0.2) is 0 Å². The highest BCUT2D eigenvalue weighted by molar-refractivity contribution is 9.10. The third-order valence-corrected chi connectivity index (χ3v) is 4.59. The number of aryl methyl sites for hydroxylation is 1. The van der Waals surface area contributed by atoms with Gasteiger partial charge >= 0.3 is 0 Å². The molecule has 0 heterocycles. The topological polar surface area (TPSA) is 58.5 Å². The number of allylic oxidation sites excluding steroid dienone is 1. The monoisotopic (exact) mass is 378 g/mol. The Kier molecular flexibility index (Phi) is 5.51. The second kappa shape index (κ2) is 7.38. The molecule has 0 unspecified atom stereocenters. The number of hydrazone groups is 1. The van der Waals surface area contributed by atoms with Gasteiger partial charge in [-0.2, -0.15) is 13.5 Å². The van der Waals surface area contributed by atoms with E-state index in [0.29, 0.717) is 0 Å². The van der Waals surface area contributed by atoms with Gasteiger partial charge in [0.2, 0.25) is 0 Å². The van der Waals surface area contributed by atoms with Gasteiger partial charge in [0.05, 0.1) is 4.90 Å². The second-order valence-electron chi connectivity index (χ2n) is 4.60. The highest BCUT2D eigenvalue weighted by atomic mass is 79.9. The van der Waals surface area contributed by atoms with Gasteiger partial charge in [-0.1, -0.05) is 51.8 Å². The lowest BCUT2D eigenvalue weighted by atomic mass is 10.2. The summed E-state index contributed by atoms with van der Waals surface area (Å²) in [6.45, 7) is 1.90. The van der Waals surface area contributed by atoms with Crippen molar-refractivity contribution in [2.75, 3.05) is 0 Å². The molecule has 0 fully saturated rings. The summed E-state index contributed by atoms with van der Waals surface area (Å²) in [6.07, 6.45) is 4.89. The summed E-state index contributed by atoms with van der Waals surface area (Å²) in [4.78, 5) is 2.36. The Morgan fingerprint density at radius 2 is 1.68 bits per heavy atom. The fourth-order valence-electron chi connectivity index (χ4n) is 1.64. The molecule has 2 aromatic carbocycles. The summed E-state index contributed by atoms with van der Waals surface area (Å²) in [5.74, 6) is 0. The zero-order valence-electron chi connectivity index (χ0n) is 11.9. The van der Waals surface area contributed by atoms with Gasteiger partial charge < -0.3 is 0 Å². The normalized spacial score (nSPS) is 12.1. The van der Waals surface area contributed by atoms with Crippen molar-refractivity contribution in [3.8, 4) is 0 Å². The van der Waals surface area contributed by atoms with Crippen LogP contribution in [-0.4, -0.2) is 14.6 Å². The van der Waals surface area contributed by atoms with Crippen LogP contribution in [0.1, 0.15) is 11.1 Å². The number of sulfonamides is 1. The van der Waals surface area contributed by atoms with E-state index in [9.17, 15) is 8.42 Å². The predicted octanol–water partition coefficient (Wildman–Crippen LogP) is 3.74. The van der Waals surface area contributed by atoms with Crippen molar-refractivity contribution >= 4 is 38.2 Å². The van der Waals surface area contributed by atoms with Gasteiger partial charge in [-0.25, -0.2) is 4.83 Å². The van der Waals surface area contributed by atoms with E-state index in [1.807, 2.05) is 37.3 Å². The van der Waals surface area contributed by atoms with Crippen molar-refractivity contribution in [2.24, 2.45) is 5.10 Å². The van der Waals surface area contributed by atoms with Gasteiger partial charge in [0.25, 0.3) is 10.0 Å². The molecule has 0 atom stereocenters. The maximum atomic E-state index is 12.0. The summed E-state index contributed by atoms with van der Waals surface area (Å²) in [5, 5.41) is 3.72. The molecular weight excluding hydrogens is 364 g/mol. The van der Waals surface area contributed by atoms with E-state index in [4.69, 9.17) is 0 Å². The molecule has 1 N–H and O–H groups in total. The molecule has 0 saturated heterocycles. The first kappa shape index (κ1) is 16.5. The fraction of sp³-hybridized carbons (Fsp3) is 0.0625. The van der Waals surface area contributed by atoms with E-state index in [-0.39, 0.29) is 4.90 Å². The highest BCUT2D eigenvalue weighted by Crippen LogP contribution is 2.11. The second-order valence-corrected chi connectivity index (χ2v) is 7.17. The molecule has 0 aliphatic rings. The van der Waals surface area contributed by atoms with E-state index in [1.54, 1.807) is 30.3 Å². The molecule has 0 radical (unpaired) electrons. The largest absolute Gasteiger partial charge is 0.276 e. The fourth-order valence-corrected chi connectivity index (χ4v) is 2.70. The minimum Gasteiger partial charge on any atom is -0.200 e. The lowest BCUT2D eigenvalue weighted by molar-refractivity contribution is 0.584. The van der Waals surface area contributed by atoms with Crippen LogP contribution in [0, 0.1) is 6.92 Å². The van der Waals surface area contributed by atoms with Crippen LogP contribution in [0.4, 0.5) is 0 Å². The number of benzene rings is 2. The van der Waals surface area contributed by atoms with E-state index < -0.39 is 10.0 Å². The first-order valence-corrected chi connectivity index (χ1v) is 8.79. The van der Waals surface area contributed by atoms with Gasteiger partial charge in [0, 0.05) is 10.7 Å². The molecule has 0 aliphatic heterocycles. The molecule has 0 amide bonds. The first-order valence-electron chi connectivity index (χ1n) is 6.51. The molecule has 6 heteroatoms. The molecule has 22 heavy (non-hydrogen) atoms. The predicted molar refractivity (Wildman–Crippen MR) is 93.2 cm³/mol. The molecule has 0 aliphatic carbocycles. The summed E-state index contributed by atoms with van der Waals surface area (Å²) in [7, 11) is -3.62. The molecule has 0 bridgehead atoms. The highest BCUT2D eigenvalue weighted by Gasteiger charge is 2.11. The van der Waals surface area contributed by atoms with Crippen LogP contribution in [0.2, 0.25) is 0 Å². The van der Waals surface area contributed by atoms with Crippen molar-refractivity contribution in [1.82, 2.24) is 4.83 Å². The van der Waals surface area contributed by atoms with Gasteiger partial charge in [0.1, 0.15) is 0 Å². The summed E-state index contributed by atoms with van der Waals surface area (Å²) >= 11 is 3.36. The van der Waals surface area contributed by atoms with Crippen LogP contribution in [0.3, 0.4) is 0 Å². The average Bonchev–Trinajstić information content (AvgIpc) is 2.49. The molecule has 114 valence electrons. The Morgan fingerprint density at radius 3 is 2.32 bits per heavy atom. The lowest BCUT2D eigenvalue weighted by Gasteiger charge is -2.02. The van der Waals surface area contributed by atoms with Crippen molar-refractivity contribution in [2.45, 2.75) is 11.8 Å². The molecule has 2 rings (SSSR count). The number of hydrogen-bond donors (Lipinski definition) is 1. The Bertz CT molecular complexity index is 780. The SMILES string of the molecule is Cc1ccc(S(=O)(=O)N/N=C/C=C/c2ccc(Br)cc2)cc1. The van der Waals surface area contributed by atoms with Crippen LogP contribution in [0.5, 0.6) is 0 Å². The number of nitrogens with zero attached hydrogens (tertiary/aromatic N) is 1. The standard InChI is InChI=1S/C16H15BrN2O2S/c1-13-4-10-16(11-5-13)22(20,21)19-18-12-2-3-14-6-8-15(17)9-7-14/h2-12,19H,1H3/b3-2+,18-12+. The molecule has 0 spiro atoms. The number of nitrogens with one attached hydrogen (secondary N) is 1. The maximum absolute atomic E-state index is 12.0. The smallest absolute Gasteiger partial charge is 0.200 e. The summed E-state index contributed by atoms with van der Waals surface area (Å²) in [6, 6.07) is 14.3. The Hall–Kier alpha value is -1.92. The van der Waals surface area contributed by atoms with E-state index in [0.717, 1.165) is 15.6 Å². The molecule has 2 aromatic rings. The van der Waals surface area contributed by atoms with E-state index in [1.165, 1.54) is 6.21 Å². The quantitative estimate of drug-likeness (QED) is 0.636. The van der Waals surface area contributed by atoms with Crippen molar-refractivity contribution in [3.63, 3.8) is 0 Å². The van der Waals surface area contributed by atoms with E-state index in [2.05, 4.69) is 25.9 Å².